The van der Waals surface area contributed by atoms with Crippen LogP contribution in [0.15, 0.2) is 18.3 Å². The van der Waals surface area contributed by atoms with Gasteiger partial charge in [0.25, 0.3) is 0 Å². The summed E-state index contributed by atoms with van der Waals surface area (Å²) in [5.74, 6) is 6.13. The Balaban J connectivity index is 2.64. The molecule has 0 aliphatic carbocycles. The molecule has 5 nitrogen and oxygen atoms in total. The SMILES string of the molecule is COCC(C)N(C)Cc1cccnc1NN. The monoisotopic (exact) mass is 224 g/mol. The van der Waals surface area contributed by atoms with E-state index < -0.39 is 0 Å². The summed E-state index contributed by atoms with van der Waals surface area (Å²) in [6, 6.07) is 4.28. The van der Waals surface area contributed by atoms with Gasteiger partial charge in [-0.1, -0.05) is 6.07 Å². The molecular formula is C11H20N4O. The third-order valence-electron chi connectivity index (χ3n) is 2.61. The summed E-state index contributed by atoms with van der Waals surface area (Å²) in [6.45, 7) is 3.62. The number of nitrogen functional groups attached to an aromatic ring is 1. The van der Waals surface area contributed by atoms with Gasteiger partial charge in [-0.05, 0) is 20.0 Å². The van der Waals surface area contributed by atoms with E-state index >= 15 is 0 Å². The molecule has 1 aromatic heterocycles. The number of rotatable bonds is 6. The first-order chi connectivity index (χ1) is 7.69. The molecule has 5 heteroatoms. The highest BCUT2D eigenvalue weighted by atomic mass is 16.5. The number of hydrazine groups is 1. The van der Waals surface area contributed by atoms with E-state index in [1.54, 1.807) is 13.3 Å². The van der Waals surface area contributed by atoms with Gasteiger partial charge in [0.2, 0.25) is 0 Å². The first kappa shape index (κ1) is 12.9. The highest BCUT2D eigenvalue weighted by Crippen LogP contribution is 2.13. The lowest BCUT2D eigenvalue weighted by Gasteiger charge is -2.24. The number of nitrogens with one attached hydrogen (secondary N) is 1. The zero-order valence-electron chi connectivity index (χ0n) is 10.1. The van der Waals surface area contributed by atoms with Gasteiger partial charge in [-0.25, -0.2) is 10.8 Å². The second-order valence-corrected chi connectivity index (χ2v) is 3.87. The summed E-state index contributed by atoms with van der Waals surface area (Å²) >= 11 is 0. The molecule has 1 rings (SSSR count). The lowest BCUT2D eigenvalue weighted by molar-refractivity contribution is 0.112. The molecule has 1 aromatic rings. The predicted molar refractivity (Wildman–Crippen MR) is 64.9 cm³/mol. The van der Waals surface area contributed by atoms with E-state index in [-0.39, 0.29) is 0 Å². The molecular weight excluding hydrogens is 204 g/mol. The smallest absolute Gasteiger partial charge is 0.144 e. The van der Waals surface area contributed by atoms with Crippen LogP contribution in [-0.4, -0.2) is 36.7 Å². The molecule has 90 valence electrons. The predicted octanol–water partition coefficient (Wildman–Crippen LogP) is 0.834. The van der Waals surface area contributed by atoms with Crippen molar-refractivity contribution in [3.63, 3.8) is 0 Å². The molecule has 1 atom stereocenters. The van der Waals surface area contributed by atoms with E-state index in [0.717, 1.165) is 17.9 Å². The van der Waals surface area contributed by atoms with Gasteiger partial charge in [0.05, 0.1) is 6.61 Å². The minimum atomic E-state index is 0.357. The standard InChI is InChI=1S/C11H20N4O/c1-9(8-16-3)15(2)7-10-5-4-6-13-11(10)14-12/h4-6,9H,7-8,12H2,1-3H3,(H,13,14). The maximum atomic E-state index is 5.41. The van der Waals surface area contributed by atoms with Crippen LogP contribution >= 0.6 is 0 Å². The summed E-state index contributed by atoms with van der Waals surface area (Å²) in [5.41, 5.74) is 3.68. The number of hydrogen-bond acceptors (Lipinski definition) is 5. The minimum absolute atomic E-state index is 0.357. The molecule has 0 amide bonds. The Labute approximate surface area is 96.6 Å². The first-order valence-electron chi connectivity index (χ1n) is 5.28. The maximum Gasteiger partial charge on any atom is 0.144 e. The average molecular weight is 224 g/mol. The fourth-order valence-corrected chi connectivity index (χ4v) is 1.49. The van der Waals surface area contributed by atoms with Crippen molar-refractivity contribution in [2.24, 2.45) is 5.84 Å². The van der Waals surface area contributed by atoms with Gasteiger partial charge in [0, 0.05) is 31.5 Å². The molecule has 1 heterocycles. The average Bonchev–Trinajstić information content (AvgIpc) is 2.30. The van der Waals surface area contributed by atoms with Crippen LogP contribution in [0.5, 0.6) is 0 Å². The van der Waals surface area contributed by atoms with Crippen molar-refractivity contribution in [1.29, 1.82) is 0 Å². The third-order valence-corrected chi connectivity index (χ3v) is 2.61. The van der Waals surface area contributed by atoms with E-state index in [9.17, 15) is 0 Å². The summed E-state index contributed by atoms with van der Waals surface area (Å²) in [5, 5.41) is 0. The maximum absolute atomic E-state index is 5.41. The van der Waals surface area contributed by atoms with Gasteiger partial charge in [-0.2, -0.15) is 0 Å². The van der Waals surface area contributed by atoms with E-state index in [0.29, 0.717) is 12.6 Å². The van der Waals surface area contributed by atoms with Crippen molar-refractivity contribution in [3.05, 3.63) is 23.9 Å². The van der Waals surface area contributed by atoms with Crippen molar-refractivity contribution >= 4 is 5.82 Å². The highest BCUT2D eigenvalue weighted by Gasteiger charge is 2.11. The molecule has 0 saturated carbocycles. The number of hydrogen-bond donors (Lipinski definition) is 2. The van der Waals surface area contributed by atoms with Crippen LogP contribution in [0.25, 0.3) is 0 Å². The lowest BCUT2D eigenvalue weighted by Crippen LogP contribution is -2.32. The van der Waals surface area contributed by atoms with Crippen molar-refractivity contribution in [2.75, 3.05) is 26.2 Å². The Morgan fingerprint density at radius 3 is 3.00 bits per heavy atom. The topological polar surface area (TPSA) is 63.4 Å². The fraction of sp³-hybridized carbons (Fsp3) is 0.545. The van der Waals surface area contributed by atoms with Gasteiger partial charge >= 0.3 is 0 Å². The highest BCUT2D eigenvalue weighted by molar-refractivity contribution is 5.42. The Kier molecular flexibility index (Phi) is 5.18. The quantitative estimate of drug-likeness (QED) is 0.553. The van der Waals surface area contributed by atoms with Gasteiger partial charge in [-0.3, -0.25) is 4.90 Å². The number of aromatic nitrogens is 1. The Morgan fingerprint density at radius 2 is 2.38 bits per heavy atom. The Hall–Kier alpha value is -1.17. The summed E-state index contributed by atoms with van der Waals surface area (Å²) in [6.07, 6.45) is 1.72. The number of pyridine rings is 1. The Morgan fingerprint density at radius 1 is 1.62 bits per heavy atom. The van der Waals surface area contributed by atoms with E-state index in [2.05, 4.69) is 29.3 Å². The molecule has 0 aromatic carbocycles. The van der Waals surface area contributed by atoms with Crippen LogP contribution in [0.3, 0.4) is 0 Å². The van der Waals surface area contributed by atoms with Gasteiger partial charge in [0.1, 0.15) is 5.82 Å². The number of likely N-dealkylation sites (N-methyl/N-ethyl adjacent to an activating group) is 1. The van der Waals surface area contributed by atoms with Crippen LogP contribution in [-0.2, 0) is 11.3 Å². The van der Waals surface area contributed by atoms with Gasteiger partial charge in [0.15, 0.2) is 0 Å². The normalized spacial score (nSPS) is 12.8. The van der Waals surface area contributed by atoms with Crippen LogP contribution in [0.4, 0.5) is 5.82 Å². The van der Waals surface area contributed by atoms with Crippen LogP contribution in [0.2, 0.25) is 0 Å². The zero-order valence-corrected chi connectivity index (χ0v) is 10.1. The molecule has 0 spiro atoms. The number of nitrogens with zero attached hydrogens (tertiary/aromatic N) is 2. The Bertz CT molecular complexity index is 319. The van der Waals surface area contributed by atoms with Crippen LogP contribution < -0.4 is 11.3 Å². The fourth-order valence-electron chi connectivity index (χ4n) is 1.49. The van der Waals surface area contributed by atoms with Crippen molar-refractivity contribution < 1.29 is 4.74 Å². The third kappa shape index (κ3) is 3.44. The van der Waals surface area contributed by atoms with E-state index in [1.807, 2.05) is 12.1 Å². The first-order valence-corrected chi connectivity index (χ1v) is 5.28. The number of methoxy groups -OCH3 is 1. The molecule has 1 unspecified atom stereocenters. The number of ether oxygens (including phenoxy) is 1. The molecule has 0 radical (unpaired) electrons. The summed E-state index contributed by atoms with van der Waals surface area (Å²) in [7, 11) is 3.76. The molecule has 0 bridgehead atoms. The van der Waals surface area contributed by atoms with Crippen molar-refractivity contribution in [1.82, 2.24) is 9.88 Å². The number of anilines is 1. The molecule has 0 fully saturated rings. The van der Waals surface area contributed by atoms with Gasteiger partial charge < -0.3 is 10.2 Å². The number of nitrogens with two attached hydrogens (primary N) is 1. The van der Waals surface area contributed by atoms with E-state index in [1.165, 1.54) is 0 Å². The van der Waals surface area contributed by atoms with Crippen molar-refractivity contribution in [2.45, 2.75) is 19.5 Å². The van der Waals surface area contributed by atoms with Crippen LogP contribution in [0.1, 0.15) is 12.5 Å². The molecule has 0 aliphatic heterocycles. The van der Waals surface area contributed by atoms with Crippen LogP contribution in [0, 0.1) is 0 Å². The van der Waals surface area contributed by atoms with E-state index in [4.69, 9.17) is 10.6 Å². The molecule has 0 aliphatic rings. The van der Waals surface area contributed by atoms with Crippen molar-refractivity contribution in [3.8, 4) is 0 Å². The molecule has 0 saturated heterocycles. The second kappa shape index (κ2) is 6.42. The zero-order chi connectivity index (χ0) is 12.0. The largest absolute Gasteiger partial charge is 0.383 e. The lowest BCUT2D eigenvalue weighted by atomic mass is 10.2. The molecule has 16 heavy (non-hydrogen) atoms. The second-order valence-electron chi connectivity index (χ2n) is 3.87. The summed E-state index contributed by atoms with van der Waals surface area (Å²) < 4.78 is 5.12. The van der Waals surface area contributed by atoms with Gasteiger partial charge in [-0.15, -0.1) is 0 Å². The molecule has 3 N–H and O–H groups in total. The summed E-state index contributed by atoms with van der Waals surface area (Å²) in [4.78, 5) is 6.36. The minimum Gasteiger partial charge on any atom is -0.383 e.